The van der Waals surface area contributed by atoms with E-state index in [1.54, 1.807) is 11.3 Å². The lowest BCUT2D eigenvalue weighted by molar-refractivity contribution is 0.792. The van der Waals surface area contributed by atoms with Gasteiger partial charge in [0.15, 0.2) is 0 Å². The lowest BCUT2D eigenvalue weighted by Crippen LogP contribution is -2.24. The van der Waals surface area contributed by atoms with Gasteiger partial charge in [-0.2, -0.15) is 0 Å². The summed E-state index contributed by atoms with van der Waals surface area (Å²) in [5, 5.41) is 2.09. The van der Waals surface area contributed by atoms with E-state index in [0.29, 0.717) is 5.88 Å². The number of halogens is 1. The number of aromatic nitrogens is 2. The smallest absolute Gasteiger partial charge is 0.225 e. The minimum atomic E-state index is 0.461. The molecule has 2 heterocycles. The van der Waals surface area contributed by atoms with Gasteiger partial charge >= 0.3 is 0 Å². The average Bonchev–Trinajstić information content (AvgIpc) is 2.88. The molecule has 5 heteroatoms. The summed E-state index contributed by atoms with van der Waals surface area (Å²) < 4.78 is 0. The summed E-state index contributed by atoms with van der Waals surface area (Å²) in [6.45, 7) is 5.83. The normalized spacial score (nSPS) is 10.6. The topological polar surface area (TPSA) is 29.0 Å². The van der Waals surface area contributed by atoms with Gasteiger partial charge in [0.25, 0.3) is 0 Å². The lowest BCUT2D eigenvalue weighted by atomic mass is 10.3. The second-order valence-corrected chi connectivity index (χ2v) is 5.31. The summed E-state index contributed by atoms with van der Waals surface area (Å²) in [7, 11) is 0. The second kappa shape index (κ2) is 6.16. The summed E-state index contributed by atoms with van der Waals surface area (Å²) in [4.78, 5) is 12.4. The zero-order chi connectivity index (χ0) is 13.0. The van der Waals surface area contributed by atoms with E-state index in [1.807, 2.05) is 13.1 Å². The van der Waals surface area contributed by atoms with Gasteiger partial charge in [-0.1, -0.05) is 6.07 Å². The number of alkyl halides is 1. The van der Waals surface area contributed by atoms with Crippen molar-refractivity contribution in [2.45, 2.75) is 26.3 Å². The van der Waals surface area contributed by atoms with Crippen molar-refractivity contribution in [2.24, 2.45) is 0 Å². The largest absolute Gasteiger partial charge is 0.336 e. The van der Waals surface area contributed by atoms with Gasteiger partial charge in [0.2, 0.25) is 5.95 Å². The van der Waals surface area contributed by atoms with Crippen LogP contribution in [0.25, 0.3) is 0 Å². The fourth-order valence-electron chi connectivity index (χ4n) is 1.68. The molecule has 3 nitrogen and oxygen atoms in total. The van der Waals surface area contributed by atoms with Gasteiger partial charge in [0.05, 0.1) is 12.4 Å². The van der Waals surface area contributed by atoms with Gasteiger partial charge < -0.3 is 4.90 Å². The summed E-state index contributed by atoms with van der Waals surface area (Å²) in [5.41, 5.74) is 1.95. The van der Waals surface area contributed by atoms with Crippen LogP contribution in [0, 0.1) is 6.92 Å². The molecule has 0 amide bonds. The molecule has 0 unspecified atom stereocenters. The van der Waals surface area contributed by atoms with Gasteiger partial charge in [-0.15, -0.1) is 22.9 Å². The number of hydrogen-bond donors (Lipinski definition) is 0. The van der Waals surface area contributed by atoms with Crippen molar-refractivity contribution in [1.29, 1.82) is 0 Å². The number of nitrogens with zero attached hydrogens (tertiary/aromatic N) is 3. The Morgan fingerprint density at radius 3 is 2.83 bits per heavy atom. The number of thiophene rings is 1. The van der Waals surface area contributed by atoms with Crippen molar-refractivity contribution in [3.63, 3.8) is 0 Å². The van der Waals surface area contributed by atoms with Crippen molar-refractivity contribution in [1.82, 2.24) is 9.97 Å². The highest BCUT2D eigenvalue weighted by atomic mass is 35.5. The summed E-state index contributed by atoms with van der Waals surface area (Å²) in [5.74, 6) is 1.24. The molecule has 2 aromatic rings. The maximum Gasteiger partial charge on any atom is 0.225 e. The van der Waals surface area contributed by atoms with Crippen molar-refractivity contribution < 1.29 is 0 Å². The van der Waals surface area contributed by atoms with Crippen LogP contribution in [-0.2, 0) is 12.4 Å². The Labute approximate surface area is 116 Å². The van der Waals surface area contributed by atoms with E-state index in [4.69, 9.17) is 11.6 Å². The monoisotopic (exact) mass is 281 g/mol. The minimum Gasteiger partial charge on any atom is -0.336 e. The highest BCUT2D eigenvalue weighted by Crippen LogP contribution is 2.17. The molecule has 18 heavy (non-hydrogen) atoms. The van der Waals surface area contributed by atoms with E-state index in [9.17, 15) is 0 Å². The van der Waals surface area contributed by atoms with E-state index in [-0.39, 0.29) is 0 Å². The molecule has 96 valence electrons. The Kier molecular flexibility index (Phi) is 4.55. The van der Waals surface area contributed by atoms with Gasteiger partial charge in [-0.3, -0.25) is 0 Å². The van der Waals surface area contributed by atoms with Crippen LogP contribution in [0.1, 0.15) is 23.1 Å². The molecule has 0 saturated heterocycles. The SMILES string of the molecule is CCN(Cc1cccs1)c1ncc(CCl)c(C)n1. The molecule has 0 atom stereocenters. The number of anilines is 1. The zero-order valence-corrected chi connectivity index (χ0v) is 12.1. The third kappa shape index (κ3) is 3.00. The van der Waals surface area contributed by atoms with E-state index in [2.05, 4.69) is 39.3 Å². The Balaban J connectivity index is 2.19. The molecule has 0 aromatic carbocycles. The van der Waals surface area contributed by atoms with Crippen molar-refractivity contribution >= 4 is 28.9 Å². The first kappa shape index (κ1) is 13.3. The van der Waals surface area contributed by atoms with Crippen LogP contribution in [0.15, 0.2) is 23.7 Å². The Morgan fingerprint density at radius 1 is 1.44 bits per heavy atom. The molecule has 0 aliphatic heterocycles. The zero-order valence-electron chi connectivity index (χ0n) is 10.6. The highest BCUT2D eigenvalue weighted by molar-refractivity contribution is 7.09. The second-order valence-electron chi connectivity index (χ2n) is 4.01. The Hall–Kier alpha value is -1.13. The maximum atomic E-state index is 5.82. The first-order valence-electron chi connectivity index (χ1n) is 5.90. The first-order valence-corrected chi connectivity index (χ1v) is 7.31. The van der Waals surface area contributed by atoms with Crippen LogP contribution in [0.5, 0.6) is 0 Å². The molecule has 2 rings (SSSR count). The van der Waals surface area contributed by atoms with E-state index < -0.39 is 0 Å². The molecule has 2 aromatic heterocycles. The van der Waals surface area contributed by atoms with E-state index in [1.165, 1.54) is 4.88 Å². The molecule has 0 aliphatic carbocycles. The Morgan fingerprint density at radius 2 is 2.28 bits per heavy atom. The predicted octanol–water partition coefficient (Wildman–Crippen LogP) is 3.61. The van der Waals surface area contributed by atoms with Crippen LogP contribution in [0.4, 0.5) is 5.95 Å². The first-order chi connectivity index (χ1) is 8.74. The predicted molar refractivity (Wildman–Crippen MR) is 77.4 cm³/mol. The van der Waals surface area contributed by atoms with Crippen LogP contribution >= 0.6 is 22.9 Å². The quantitative estimate of drug-likeness (QED) is 0.784. The lowest BCUT2D eigenvalue weighted by Gasteiger charge is -2.20. The average molecular weight is 282 g/mol. The standard InChI is InChI=1S/C13H16ClN3S/c1-3-17(9-12-5-4-6-18-12)13-15-8-11(7-14)10(2)16-13/h4-6,8H,3,7,9H2,1-2H3. The maximum absolute atomic E-state index is 5.82. The van der Waals surface area contributed by atoms with Crippen molar-refractivity contribution in [2.75, 3.05) is 11.4 Å². The van der Waals surface area contributed by atoms with Gasteiger partial charge in [0.1, 0.15) is 0 Å². The molecule has 0 fully saturated rings. The fraction of sp³-hybridized carbons (Fsp3) is 0.385. The molecular weight excluding hydrogens is 266 g/mol. The van der Waals surface area contributed by atoms with Crippen molar-refractivity contribution in [3.05, 3.63) is 39.8 Å². The van der Waals surface area contributed by atoms with Crippen LogP contribution in [-0.4, -0.2) is 16.5 Å². The molecule has 0 N–H and O–H groups in total. The molecule has 0 bridgehead atoms. The molecule has 0 radical (unpaired) electrons. The van der Waals surface area contributed by atoms with Crippen LogP contribution in [0.3, 0.4) is 0 Å². The fourth-order valence-corrected chi connectivity index (χ4v) is 2.66. The number of rotatable bonds is 5. The summed E-state index contributed by atoms with van der Waals surface area (Å²) in [6, 6.07) is 4.20. The van der Waals surface area contributed by atoms with Gasteiger partial charge in [-0.05, 0) is 25.3 Å². The number of hydrogen-bond acceptors (Lipinski definition) is 4. The van der Waals surface area contributed by atoms with E-state index in [0.717, 1.165) is 30.3 Å². The molecule has 0 aliphatic rings. The third-order valence-corrected chi connectivity index (χ3v) is 3.95. The van der Waals surface area contributed by atoms with Gasteiger partial charge in [0, 0.05) is 28.9 Å². The van der Waals surface area contributed by atoms with Crippen LogP contribution in [0.2, 0.25) is 0 Å². The Bertz CT molecular complexity index is 499. The summed E-state index contributed by atoms with van der Waals surface area (Å²) in [6.07, 6.45) is 1.82. The molecule has 0 saturated carbocycles. The molecular formula is C13H16ClN3S. The molecule has 0 spiro atoms. The minimum absolute atomic E-state index is 0.461. The van der Waals surface area contributed by atoms with E-state index >= 15 is 0 Å². The highest BCUT2D eigenvalue weighted by Gasteiger charge is 2.10. The third-order valence-electron chi connectivity index (χ3n) is 2.80. The van der Waals surface area contributed by atoms with Crippen LogP contribution < -0.4 is 4.90 Å². The number of aryl methyl sites for hydroxylation is 1. The summed E-state index contributed by atoms with van der Waals surface area (Å²) >= 11 is 7.58. The van der Waals surface area contributed by atoms with Gasteiger partial charge in [-0.25, -0.2) is 9.97 Å². The van der Waals surface area contributed by atoms with Crippen molar-refractivity contribution in [3.8, 4) is 0 Å².